The molecule has 16 heavy (non-hydrogen) atoms. The second-order valence-corrected chi connectivity index (χ2v) is 6.52. The molecule has 2 nitrogen and oxygen atoms in total. The summed E-state index contributed by atoms with van der Waals surface area (Å²) < 4.78 is 1.02. The second-order valence-electron chi connectivity index (χ2n) is 3.77. The highest BCUT2D eigenvalue weighted by molar-refractivity contribution is 9.11. The zero-order valence-corrected chi connectivity index (χ0v) is 12.5. The topological polar surface area (TPSA) is 29.1 Å². The van der Waals surface area contributed by atoms with Crippen LogP contribution in [-0.4, -0.2) is 17.8 Å². The van der Waals surface area contributed by atoms with E-state index in [-0.39, 0.29) is 11.9 Å². The van der Waals surface area contributed by atoms with Crippen LogP contribution in [0.15, 0.2) is 9.85 Å². The Kier molecular flexibility index (Phi) is 5.79. The van der Waals surface area contributed by atoms with Crippen LogP contribution in [0.1, 0.15) is 35.0 Å². The summed E-state index contributed by atoms with van der Waals surface area (Å²) in [6.07, 6.45) is 1.84. The van der Waals surface area contributed by atoms with Gasteiger partial charge in [-0.3, -0.25) is 4.79 Å². The molecule has 0 spiro atoms. The third-order valence-electron chi connectivity index (χ3n) is 2.23. The summed E-state index contributed by atoms with van der Waals surface area (Å²) in [5.41, 5.74) is 1.10. The number of carbonyl (C=O) groups is 1. The summed E-state index contributed by atoms with van der Waals surface area (Å²) in [4.78, 5) is 12.6. The smallest absolute Gasteiger partial charge is 0.261 e. The lowest BCUT2D eigenvalue weighted by Crippen LogP contribution is -2.32. The van der Waals surface area contributed by atoms with Crippen molar-refractivity contribution < 1.29 is 4.79 Å². The summed E-state index contributed by atoms with van der Waals surface area (Å²) in [7, 11) is 0. The Morgan fingerprint density at radius 3 is 2.88 bits per heavy atom. The highest BCUT2D eigenvalue weighted by Gasteiger charge is 2.13. The van der Waals surface area contributed by atoms with Crippen LogP contribution in [-0.2, 0) is 0 Å². The molecule has 1 aromatic rings. The molecule has 1 aromatic heterocycles. The van der Waals surface area contributed by atoms with Crippen LogP contribution in [0, 0.1) is 6.92 Å². The van der Waals surface area contributed by atoms with Gasteiger partial charge in [-0.2, -0.15) is 0 Å². The number of amides is 1. The highest BCUT2D eigenvalue weighted by Crippen LogP contribution is 2.27. The molecule has 0 saturated carbocycles. The molecular formula is C11H15BrClNOS. The Morgan fingerprint density at radius 2 is 2.38 bits per heavy atom. The lowest BCUT2D eigenvalue weighted by molar-refractivity contribution is 0.0942. The third kappa shape index (κ3) is 4.07. The van der Waals surface area contributed by atoms with E-state index in [1.165, 1.54) is 11.3 Å². The molecule has 1 unspecified atom stereocenters. The monoisotopic (exact) mass is 323 g/mol. The van der Waals surface area contributed by atoms with Crippen molar-refractivity contribution in [2.75, 3.05) is 5.88 Å². The number of alkyl halides is 1. The molecule has 0 bridgehead atoms. The molecule has 0 aliphatic carbocycles. The molecule has 0 aliphatic rings. The van der Waals surface area contributed by atoms with E-state index in [0.717, 1.165) is 27.1 Å². The average molecular weight is 325 g/mol. The average Bonchev–Trinajstić information content (AvgIpc) is 2.56. The van der Waals surface area contributed by atoms with Gasteiger partial charge in [0, 0.05) is 11.9 Å². The van der Waals surface area contributed by atoms with Gasteiger partial charge in [-0.05, 0) is 54.2 Å². The number of carbonyl (C=O) groups excluding carboxylic acids is 1. The standard InChI is InChI=1S/C11H15BrClNOS/c1-7-6-9(16-10(7)12)11(15)14-8(2)4-3-5-13/h6,8H,3-5H2,1-2H3,(H,14,15). The number of aryl methyl sites for hydroxylation is 1. The molecule has 1 N–H and O–H groups in total. The van der Waals surface area contributed by atoms with Crippen LogP contribution >= 0.6 is 38.9 Å². The van der Waals surface area contributed by atoms with E-state index in [0.29, 0.717) is 5.88 Å². The first-order valence-electron chi connectivity index (χ1n) is 5.17. The third-order valence-corrected chi connectivity index (χ3v) is 4.63. The minimum Gasteiger partial charge on any atom is -0.349 e. The van der Waals surface area contributed by atoms with Crippen molar-refractivity contribution in [1.82, 2.24) is 5.32 Å². The Bertz CT molecular complexity index is 347. The maximum Gasteiger partial charge on any atom is 0.261 e. The molecule has 1 amide bonds. The fourth-order valence-corrected chi connectivity index (χ4v) is 2.91. The van der Waals surface area contributed by atoms with Gasteiger partial charge < -0.3 is 5.32 Å². The van der Waals surface area contributed by atoms with Crippen LogP contribution in [0.5, 0.6) is 0 Å². The molecule has 90 valence electrons. The van der Waals surface area contributed by atoms with E-state index in [1.807, 2.05) is 19.9 Å². The summed E-state index contributed by atoms with van der Waals surface area (Å²) in [6, 6.07) is 2.07. The van der Waals surface area contributed by atoms with Gasteiger partial charge in [-0.15, -0.1) is 22.9 Å². The fourth-order valence-electron chi connectivity index (χ4n) is 1.32. The number of thiophene rings is 1. The second kappa shape index (κ2) is 6.62. The predicted octanol–water partition coefficient (Wildman–Crippen LogP) is 3.96. The Hall–Kier alpha value is -0.0600. The Balaban J connectivity index is 2.52. The minimum absolute atomic E-state index is 0.000808. The van der Waals surface area contributed by atoms with E-state index < -0.39 is 0 Å². The molecule has 1 atom stereocenters. The Morgan fingerprint density at radius 1 is 1.69 bits per heavy atom. The first-order chi connectivity index (χ1) is 7.54. The van der Waals surface area contributed by atoms with Crippen molar-refractivity contribution >= 4 is 44.8 Å². The van der Waals surface area contributed by atoms with E-state index >= 15 is 0 Å². The number of nitrogens with one attached hydrogen (secondary N) is 1. The number of hydrogen-bond donors (Lipinski definition) is 1. The van der Waals surface area contributed by atoms with Gasteiger partial charge in [0.15, 0.2) is 0 Å². The summed E-state index contributed by atoms with van der Waals surface area (Å²) in [5, 5.41) is 2.96. The van der Waals surface area contributed by atoms with Gasteiger partial charge in [-0.25, -0.2) is 0 Å². The molecular weight excluding hydrogens is 310 g/mol. The number of rotatable bonds is 5. The van der Waals surface area contributed by atoms with Gasteiger partial charge >= 0.3 is 0 Å². The zero-order chi connectivity index (χ0) is 12.1. The highest BCUT2D eigenvalue weighted by atomic mass is 79.9. The number of halogens is 2. The molecule has 1 heterocycles. The van der Waals surface area contributed by atoms with Crippen molar-refractivity contribution in [3.05, 3.63) is 20.3 Å². The SMILES string of the molecule is Cc1cc(C(=O)NC(C)CCCCl)sc1Br. The molecule has 0 radical (unpaired) electrons. The normalized spacial score (nSPS) is 12.5. The zero-order valence-electron chi connectivity index (χ0n) is 9.35. The van der Waals surface area contributed by atoms with E-state index in [9.17, 15) is 4.79 Å². The van der Waals surface area contributed by atoms with E-state index in [2.05, 4.69) is 21.2 Å². The van der Waals surface area contributed by atoms with Crippen molar-refractivity contribution in [2.45, 2.75) is 32.7 Å². The van der Waals surface area contributed by atoms with Crippen molar-refractivity contribution in [1.29, 1.82) is 0 Å². The molecule has 0 fully saturated rings. The maximum atomic E-state index is 11.8. The van der Waals surface area contributed by atoms with E-state index in [1.54, 1.807) is 0 Å². The van der Waals surface area contributed by atoms with Gasteiger partial charge in [0.1, 0.15) is 0 Å². The van der Waals surface area contributed by atoms with E-state index in [4.69, 9.17) is 11.6 Å². The predicted molar refractivity (Wildman–Crippen MR) is 73.6 cm³/mol. The lowest BCUT2D eigenvalue weighted by Gasteiger charge is -2.11. The first kappa shape index (κ1) is 14.0. The maximum absolute atomic E-state index is 11.8. The summed E-state index contributed by atoms with van der Waals surface area (Å²) >= 11 is 10.5. The molecule has 0 saturated heterocycles. The molecule has 1 rings (SSSR count). The van der Waals surface area contributed by atoms with Gasteiger partial charge in [0.2, 0.25) is 0 Å². The fraction of sp³-hybridized carbons (Fsp3) is 0.545. The lowest BCUT2D eigenvalue weighted by atomic mass is 10.2. The van der Waals surface area contributed by atoms with Crippen LogP contribution in [0.3, 0.4) is 0 Å². The number of hydrogen-bond acceptors (Lipinski definition) is 2. The Labute approximate surface area is 114 Å². The molecule has 0 aromatic carbocycles. The van der Waals surface area contributed by atoms with Gasteiger partial charge in [-0.1, -0.05) is 0 Å². The summed E-state index contributed by atoms with van der Waals surface area (Å²) in [5.74, 6) is 0.644. The molecule has 0 aliphatic heterocycles. The molecule has 5 heteroatoms. The first-order valence-corrected chi connectivity index (χ1v) is 7.31. The van der Waals surface area contributed by atoms with Crippen molar-refractivity contribution in [2.24, 2.45) is 0 Å². The van der Waals surface area contributed by atoms with Crippen molar-refractivity contribution in [3.8, 4) is 0 Å². The quantitative estimate of drug-likeness (QED) is 0.816. The van der Waals surface area contributed by atoms with Crippen LogP contribution in [0.4, 0.5) is 0 Å². The summed E-state index contributed by atoms with van der Waals surface area (Å²) in [6.45, 7) is 3.98. The minimum atomic E-state index is 0.000808. The van der Waals surface area contributed by atoms with Gasteiger partial charge in [0.25, 0.3) is 5.91 Å². The largest absolute Gasteiger partial charge is 0.349 e. The van der Waals surface area contributed by atoms with Crippen molar-refractivity contribution in [3.63, 3.8) is 0 Å². The van der Waals surface area contributed by atoms with Gasteiger partial charge in [0.05, 0.1) is 8.66 Å². The van der Waals surface area contributed by atoms with Crippen LogP contribution in [0.25, 0.3) is 0 Å². The van der Waals surface area contributed by atoms with Crippen LogP contribution < -0.4 is 5.32 Å². The van der Waals surface area contributed by atoms with Crippen LogP contribution in [0.2, 0.25) is 0 Å².